The minimum absolute atomic E-state index is 0.0158. The van der Waals surface area contributed by atoms with Gasteiger partial charge in [0.05, 0.1) is 29.9 Å². The van der Waals surface area contributed by atoms with Crippen molar-refractivity contribution in [2.45, 2.75) is 38.0 Å². The zero-order valence-corrected chi connectivity index (χ0v) is 26.8. The fourth-order valence-electron chi connectivity index (χ4n) is 6.14. The lowest BCUT2D eigenvalue weighted by Gasteiger charge is -2.35. The van der Waals surface area contributed by atoms with Crippen LogP contribution in [0.1, 0.15) is 46.3 Å². The van der Waals surface area contributed by atoms with Gasteiger partial charge in [0.25, 0.3) is 5.91 Å². The van der Waals surface area contributed by atoms with Crippen molar-refractivity contribution in [1.82, 2.24) is 10.2 Å². The molecular formula is C35H39F6N5O3. The number of anilines is 3. The van der Waals surface area contributed by atoms with Gasteiger partial charge >= 0.3 is 18.4 Å². The van der Waals surface area contributed by atoms with Crippen LogP contribution in [0.5, 0.6) is 0 Å². The van der Waals surface area contributed by atoms with Gasteiger partial charge in [-0.1, -0.05) is 30.3 Å². The minimum atomic E-state index is -5.07. The van der Waals surface area contributed by atoms with Gasteiger partial charge in [-0.15, -0.1) is 0 Å². The molecule has 14 heteroatoms. The first-order valence-electron chi connectivity index (χ1n) is 16.2. The molecule has 0 aliphatic carbocycles. The van der Waals surface area contributed by atoms with Crippen molar-refractivity contribution in [3.8, 4) is 0 Å². The quantitative estimate of drug-likeness (QED) is 0.154. The largest absolute Gasteiger partial charge is 0.416 e. The Morgan fingerprint density at radius 1 is 0.776 bits per heavy atom. The number of alkyl halides is 6. The second kappa shape index (κ2) is 15.9. The molecule has 49 heavy (non-hydrogen) atoms. The summed E-state index contributed by atoms with van der Waals surface area (Å²) in [5, 5.41) is 7.47. The average Bonchev–Trinajstić information content (AvgIpc) is 3.07. The number of hydrogen-bond donors (Lipinski definition) is 3. The zero-order chi connectivity index (χ0) is 35.0. The highest BCUT2D eigenvalue weighted by Gasteiger charge is 2.37. The molecule has 5 rings (SSSR count). The number of amides is 3. The minimum Gasteiger partial charge on any atom is -0.379 e. The maximum absolute atomic E-state index is 13.5. The highest BCUT2D eigenvalue weighted by Crippen LogP contribution is 2.38. The SMILES string of the molecule is O=C(Nc1cc(C(F)(F)F)cc(C(F)(F)F)c1)Nc1ccc(N2CCC(Cc3ccccc3)CC2)c(C(=O)NCCCN2CCOCC2)c1. The van der Waals surface area contributed by atoms with Crippen LogP contribution in [-0.4, -0.2) is 69.3 Å². The molecule has 0 bridgehead atoms. The number of benzene rings is 3. The second-order valence-corrected chi connectivity index (χ2v) is 12.3. The van der Waals surface area contributed by atoms with Gasteiger partial charge in [0.1, 0.15) is 0 Å². The van der Waals surface area contributed by atoms with E-state index in [1.165, 1.54) is 11.6 Å². The van der Waals surface area contributed by atoms with Crippen molar-refractivity contribution >= 4 is 29.0 Å². The van der Waals surface area contributed by atoms with Crippen LogP contribution in [0.25, 0.3) is 0 Å². The Morgan fingerprint density at radius 3 is 2.04 bits per heavy atom. The van der Waals surface area contributed by atoms with Crippen LogP contribution in [-0.2, 0) is 23.5 Å². The van der Waals surface area contributed by atoms with E-state index in [0.29, 0.717) is 68.6 Å². The Labute approximate surface area is 280 Å². The Morgan fingerprint density at radius 2 is 1.41 bits per heavy atom. The summed E-state index contributed by atoms with van der Waals surface area (Å²) in [5.41, 5.74) is -1.42. The maximum Gasteiger partial charge on any atom is 0.416 e. The third-order valence-corrected chi connectivity index (χ3v) is 8.71. The first-order valence-corrected chi connectivity index (χ1v) is 16.2. The average molecular weight is 692 g/mol. The van der Waals surface area contributed by atoms with Crippen molar-refractivity contribution in [3.05, 3.63) is 89.0 Å². The highest BCUT2D eigenvalue weighted by molar-refractivity contribution is 6.04. The molecule has 2 aliphatic heterocycles. The Bertz CT molecular complexity index is 1540. The summed E-state index contributed by atoms with van der Waals surface area (Å²) in [5.74, 6) is 0.120. The predicted octanol–water partition coefficient (Wildman–Crippen LogP) is 7.28. The summed E-state index contributed by atoms with van der Waals surface area (Å²) in [7, 11) is 0. The summed E-state index contributed by atoms with van der Waals surface area (Å²) in [4.78, 5) is 30.7. The van der Waals surface area contributed by atoms with E-state index in [4.69, 9.17) is 4.74 Å². The molecule has 0 saturated carbocycles. The Hall–Kier alpha value is -4.30. The van der Waals surface area contributed by atoms with E-state index in [1.807, 2.05) is 18.2 Å². The highest BCUT2D eigenvalue weighted by atomic mass is 19.4. The molecule has 3 amide bonds. The number of hydrogen-bond acceptors (Lipinski definition) is 5. The van der Waals surface area contributed by atoms with E-state index in [1.54, 1.807) is 12.1 Å². The smallest absolute Gasteiger partial charge is 0.379 e. The first kappa shape index (κ1) is 36.0. The molecule has 2 saturated heterocycles. The number of piperidine rings is 1. The molecule has 2 fully saturated rings. The van der Waals surface area contributed by atoms with E-state index in [0.717, 1.165) is 38.9 Å². The monoisotopic (exact) mass is 691 g/mol. The number of carbonyl (C=O) groups excluding carboxylic acids is 2. The van der Waals surface area contributed by atoms with E-state index < -0.39 is 35.2 Å². The summed E-state index contributed by atoms with van der Waals surface area (Å²) in [6.07, 6.45) is -6.64. The molecule has 2 heterocycles. The number of urea groups is 1. The van der Waals surface area contributed by atoms with Crippen molar-refractivity contribution in [2.75, 3.05) is 68.0 Å². The summed E-state index contributed by atoms with van der Waals surface area (Å²) in [6.45, 7) is 5.60. The predicted molar refractivity (Wildman–Crippen MR) is 175 cm³/mol. The molecule has 0 spiro atoms. The number of ether oxygens (including phenoxy) is 1. The number of carbonyl (C=O) groups is 2. The first-order chi connectivity index (χ1) is 23.3. The summed E-state index contributed by atoms with van der Waals surface area (Å²) >= 11 is 0. The molecule has 8 nitrogen and oxygen atoms in total. The van der Waals surface area contributed by atoms with Crippen molar-refractivity contribution < 1.29 is 40.7 Å². The lowest BCUT2D eigenvalue weighted by Crippen LogP contribution is -2.38. The van der Waals surface area contributed by atoms with Gasteiger partial charge in [-0.05, 0) is 80.1 Å². The lowest BCUT2D eigenvalue weighted by atomic mass is 9.89. The standard InChI is InChI=1S/C35H39F6N5O3/c36-34(37,38)26-20-27(35(39,40)41)22-29(21-26)44-33(48)43-28-7-8-31(46-13-9-25(10-14-46)19-24-5-2-1-3-6-24)30(23-28)32(47)42-11-4-12-45-15-17-49-18-16-45/h1-3,5-8,20-23,25H,4,9-19H2,(H,42,47)(H2,43,44,48). The maximum atomic E-state index is 13.5. The van der Waals surface area contributed by atoms with Crippen LogP contribution in [0.4, 0.5) is 48.2 Å². The van der Waals surface area contributed by atoms with Gasteiger partial charge < -0.3 is 25.6 Å². The van der Waals surface area contributed by atoms with Crippen LogP contribution in [0, 0.1) is 5.92 Å². The molecule has 0 aromatic heterocycles. The fourth-order valence-corrected chi connectivity index (χ4v) is 6.14. The molecule has 3 N–H and O–H groups in total. The topological polar surface area (TPSA) is 85.9 Å². The van der Waals surface area contributed by atoms with E-state index in [2.05, 4.69) is 37.9 Å². The second-order valence-electron chi connectivity index (χ2n) is 12.3. The molecular weight excluding hydrogens is 652 g/mol. The molecule has 0 unspecified atom stereocenters. The Balaban J connectivity index is 1.29. The van der Waals surface area contributed by atoms with Crippen molar-refractivity contribution in [1.29, 1.82) is 0 Å². The summed E-state index contributed by atoms with van der Waals surface area (Å²) in [6, 6.07) is 14.7. The van der Waals surface area contributed by atoms with E-state index >= 15 is 0 Å². The lowest BCUT2D eigenvalue weighted by molar-refractivity contribution is -0.143. The number of morpholine rings is 1. The number of nitrogens with one attached hydrogen (secondary N) is 3. The third-order valence-electron chi connectivity index (χ3n) is 8.71. The van der Waals surface area contributed by atoms with Crippen molar-refractivity contribution in [3.63, 3.8) is 0 Å². The third kappa shape index (κ3) is 10.3. The molecule has 3 aromatic rings. The number of rotatable bonds is 10. The van der Waals surface area contributed by atoms with Crippen LogP contribution in [0.2, 0.25) is 0 Å². The summed E-state index contributed by atoms with van der Waals surface area (Å²) < 4.78 is 85.3. The van der Waals surface area contributed by atoms with Crippen LogP contribution in [0.15, 0.2) is 66.7 Å². The van der Waals surface area contributed by atoms with Gasteiger partial charge in [-0.2, -0.15) is 26.3 Å². The van der Waals surface area contributed by atoms with E-state index in [-0.39, 0.29) is 17.7 Å². The van der Waals surface area contributed by atoms with Gasteiger partial charge in [0.15, 0.2) is 0 Å². The Kier molecular flexibility index (Phi) is 11.7. The molecule has 0 radical (unpaired) electrons. The van der Waals surface area contributed by atoms with Gasteiger partial charge in [-0.25, -0.2) is 4.79 Å². The number of nitrogens with zero attached hydrogens (tertiary/aromatic N) is 2. The van der Waals surface area contributed by atoms with Gasteiger partial charge in [0.2, 0.25) is 0 Å². The molecule has 2 aliphatic rings. The number of halogens is 6. The molecule has 264 valence electrons. The van der Waals surface area contributed by atoms with Gasteiger partial charge in [0, 0.05) is 49.8 Å². The van der Waals surface area contributed by atoms with Crippen LogP contribution in [0.3, 0.4) is 0 Å². The van der Waals surface area contributed by atoms with Crippen molar-refractivity contribution in [2.24, 2.45) is 5.92 Å². The molecule has 3 aromatic carbocycles. The fraction of sp³-hybridized carbons (Fsp3) is 0.429. The zero-order valence-electron chi connectivity index (χ0n) is 26.8. The normalized spacial score (nSPS) is 16.3. The van der Waals surface area contributed by atoms with Crippen LogP contribution >= 0.6 is 0 Å². The van der Waals surface area contributed by atoms with Crippen LogP contribution < -0.4 is 20.9 Å². The molecule has 0 atom stereocenters. The van der Waals surface area contributed by atoms with Gasteiger partial charge in [-0.3, -0.25) is 9.69 Å². The van der Waals surface area contributed by atoms with E-state index in [9.17, 15) is 35.9 Å².